The Morgan fingerprint density at radius 3 is 1.29 bits per heavy atom. The van der Waals surface area contributed by atoms with Crippen molar-refractivity contribution in [2.24, 2.45) is 0 Å². The van der Waals surface area contributed by atoms with Crippen molar-refractivity contribution in [3.63, 3.8) is 0 Å². The average molecular weight is 409 g/mol. The van der Waals surface area contributed by atoms with E-state index in [0.29, 0.717) is 0 Å². The third kappa shape index (κ3) is 10.8. The molecule has 0 bridgehead atoms. The molecule has 1 aromatic rings. The Morgan fingerprint density at radius 2 is 0.929 bits per heavy atom. The zero-order valence-corrected chi connectivity index (χ0v) is 19.7. The van der Waals surface area contributed by atoms with Gasteiger partial charge in [0.15, 0.2) is 0 Å². The summed E-state index contributed by atoms with van der Waals surface area (Å²) in [5.74, 6) is 0. The zero-order chi connectivity index (χ0) is 20.3. The fraction of sp³-hybridized carbons (Fsp3) is 0.750. The van der Waals surface area contributed by atoms with E-state index in [0.717, 1.165) is 44.3 Å². The van der Waals surface area contributed by atoms with Crippen LogP contribution >= 0.6 is 0 Å². The molecule has 0 aliphatic rings. The number of rotatable bonds is 19. The molecule has 0 saturated heterocycles. The zero-order valence-electron chi connectivity index (χ0n) is 18.7. The first-order chi connectivity index (χ1) is 13.8. The van der Waals surface area contributed by atoms with E-state index < -0.39 is 8.80 Å². The summed E-state index contributed by atoms with van der Waals surface area (Å²) in [6.07, 6.45) is 14.4. The minimum Gasteiger partial charge on any atom is -0.370 e. The first-order valence-corrected chi connectivity index (χ1v) is 13.5. The second kappa shape index (κ2) is 17.2. The van der Waals surface area contributed by atoms with Gasteiger partial charge in [0.25, 0.3) is 0 Å². The quantitative estimate of drug-likeness (QED) is 0.190. The van der Waals surface area contributed by atoms with Crippen LogP contribution in [0.4, 0.5) is 0 Å². The lowest BCUT2D eigenvalue weighted by Gasteiger charge is -2.30. The van der Waals surface area contributed by atoms with Crippen LogP contribution in [0.2, 0.25) is 0 Å². The molecule has 0 aliphatic carbocycles. The second-order valence-electron chi connectivity index (χ2n) is 7.65. The van der Waals surface area contributed by atoms with Crippen molar-refractivity contribution in [3.8, 4) is 0 Å². The fourth-order valence-electron chi connectivity index (χ4n) is 3.22. The van der Waals surface area contributed by atoms with Crippen LogP contribution < -0.4 is 5.19 Å². The molecule has 1 rings (SSSR count). The summed E-state index contributed by atoms with van der Waals surface area (Å²) < 4.78 is 19.4. The first kappa shape index (κ1) is 25.4. The molecule has 0 spiro atoms. The molecule has 0 aliphatic heterocycles. The summed E-state index contributed by atoms with van der Waals surface area (Å²) in [6, 6.07) is 10.4. The minimum absolute atomic E-state index is 0.727. The van der Waals surface area contributed by atoms with Crippen LogP contribution in [0.25, 0.3) is 0 Å². The smallest absolute Gasteiger partial charge is 0.370 e. The van der Waals surface area contributed by atoms with Gasteiger partial charge in [-0.25, -0.2) is 0 Å². The molecule has 0 radical (unpaired) electrons. The van der Waals surface area contributed by atoms with Crippen LogP contribution in [0, 0.1) is 0 Å². The van der Waals surface area contributed by atoms with Gasteiger partial charge in [-0.15, -0.1) is 0 Å². The Bertz CT molecular complexity index is 416. The van der Waals surface area contributed by atoms with Gasteiger partial charge < -0.3 is 13.3 Å². The molecule has 0 saturated carbocycles. The largest absolute Gasteiger partial charge is 0.537 e. The fourth-order valence-corrected chi connectivity index (χ4v) is 5.81. The Hall–Kier alpha value is -0.683. The first-order valence-electron chi connectivity index (χ1n) is 11.8. The van der Waals surface area contributed by atoms with Crippen LogP contribution in [0.15, 0.2) is 30.3 Å². The van der Waals surface area contributed by atoms with Gasteiger partial charge >= 0.3 is 8.80 Å². The van der Waals surface area contributed by atoms with E-state index in [4.69, 9.17) is 13.3 Å². The predicted octanol–water partition coefficient (Wildman–Crippen LogP) is 6.62. The van der Waals surface area contributed by atoms with E-state index in [9.17, 15) is 0 Å². The van der Waals surface area contributed by atoms with E-state index >= 15 is 0 Å². The van der Waals surface area contributed by atoms with Gasteiger partial charge in [0.1, 0.15) is 0 Å². The summed E-state index contributed by atoms with van der Waals surface area (Å²) >= 11 is 0. The monoisotopic (exact) mass is 408 g/mol. The standard InChI is InChI=1S/C24H44O3Si/c1-4-7-10-16-21-25-28(24-19-14-13-15-20-24,26-22-17-11-8-5-2)27-23-18-12-9-6-3/h13-15,19-20H,4-12,16-18,21-23H2,1-3H3. The molecule has 0 fully saturated rings. The number of unbranched alkanes of at least 4 members (excludes halogenated alkanes) is 9. The topological polar surface area (TPSA) is 27.7 Å². The number of hydrogen-bond donors (Lipinski definition) is 0. The predicted molar refractivity (Wildman–Crippen MR) is 122 cm³/mol. The highest BCUT2D eigenvalue weighted by Crippen LogP contribution is 2.15. The molecule has 162 valence electrons. The van der Waals surface area contributed by atoms with Crippen LogP contribution in [0.3, 0.4) is 0 Å². The highest BCUT2D eigenvalue weighted by Gasteiger charge is 2.43. The van der Waals surface area contributed by atoms with Crippen molar-refractivity contribution in [3.05, 3.63) is 30.3 Å². The summed E-state index contributed by atoms with van der Waals surface area (Å²) in [6.45, 7) is 8.90. The number of benzene rings is 1. The van der Waals surface area contributed by atoms with Gasteiger partial charge in [-0.3, -0.25) is 0 Å². The summed E-state index contributed by atoms with van der Waals surface area (Å²) in [5, 5.41) is 1.11. The highest BCUT2D eigenvalue weighted by molar-refractivity contribution is 6.75. The van der Waals surface area contributed by atoms with E-state index in [1.165, 1.54) is 57.8 Å². The Kier molecular flexibility index (Phi) is 15.6. The molecule has 0 aromatic heterocycles. The molecule has 1 aromatic carbocycles. The minimum atomic E-state index is -2.85. The maximum absolute atomic E-state index is 6.47. The maximum atomic E-state index is 6.47. The molecule has 0 unspecified atom stereocenters. The average Bonchev–Trinajstić information content (AvgIpc) is 2.73. The molecular formula is C24H44O3Si. The molecule has 3 nitrogen and oxygen atoms in total. The molecule has 0 heterocycles. The summed E-state index contributed by atoms with van der Waals surface area (Å²) in [4.78, 5) is 0. The Balaban J connectivity index is 2.76. The van der Waals surface area contributed by atoms with E-state index in [1.54, 1.807) is 0 Å². The SMILES string of the molecule is CCCCCCO[Si](OCCCCCC)(OCCCCCC)c1ccccc1. The van der Waals surface area contributed by atoms with Crippen molar-refractivity contribution < 1.29 is 13.3 Å². The van der Waals surface area contributed by atoms with Crippen molar-refractivity contribution in [1.29, 1.82) is 0 Å². The summed E-state index contributed by atoms with van der Waals surface area (Å²) in [7, 11) is -2.85. The van der Waals surface area contributed by atoms with Gasteiger partial charge in [0.05, 0.1) is 0 Å². The lowest BCUT2D eigenvalue weighted by Crippen LogP contribution is -2.57. The number of hydrogen-bond acceptors (Lipinski definition) is 3. The third-order valence-electron chi connectivity index (χ3n) is 5.00. The summed E-state index contributed by atoms with van der Waals surface area (Å²) in [5.41, 5.74) is 0. The molecule has 28 heavy (non-hydrogen) atoms. The molecule has 0 atom stereocenters. The van der Waals surface area contributed by atoms with Crippen molar-refractivity contribution in [1.82, 2.24) is 0 Å². The van der Waals surface area contributed by atoms with Crippen molar-refractivity contribution in [2.45, 2.75) is 97.8 Å². The van der Waals surface area contributed by atoms with Gasteiger partial charge in [-0.1, -0.05) is 109 Å². The van der Waals surface area contributed by atoms with Crippen LogP contribution in [-0.4, -0.2) is 28.6 Å². The molecular weight excluding hydrogens is 364 g/mol. The van der Waals surface area contributed by atoms with Crippen LogP contribution in [0.1, 0.15) is 97.8 Å². The lowest BCUT2D eigenvalue weighted by molar-refractivity contribution is 0.0689. The van der Waals surface area contributed by atoms with Crippen molar-refractivity contribution >= 4 is 14.0 Å². The molecule has 0 amide bonds. The Labute approximate surface area is 175 Å². The molecule has 0 N–H and O–H groups in total. The van der Waals surface area contributed by atoms with Gasteiger partial charge in [0, 0.05) is 25.0 Å². The van der Waals surface area contributed by atoms with Gasteiger partial charge in [0.2, 0.25) is 0 Å². The van der Waals surface area contributed by atoms with Gasteiger partial charge in [-0.05, 0) is 19.3 Å². The van der Waals surface area contributed by atoms with E-state index in [1.807, 2.05) is 6.07 Å². The molecule has 4 heteroatoms. The van der Waals surface area contributed by atoms with Crippen molar-refractivity contribution in [2.75, 3.05) is 19.8 Å². The van der Waals surface area contributed by atoms with E-state index in [2.05, 4.69) is 45.0 Å². The van der Waals surface area contributed by atoms with E-state index in [-0.39, 0.29) is 0 Å². The third-order valence-corrected chi connectivity index (χ3v) is 7.79. The lowest BCUT2D eigenvalue weighted by atomic mass is 10.2. The van der Waals surface area contributed by atoms with Crippen LogP contribution in [0.5, 0.6) is 0 Å². The van der Waals surface area contributed by atoms with Crippen LogP contribution in [-0.2, 0) is 13.3 Å². The maximum Gasteiger partial charge on any atom is 0.537 e. The second-order valence-corrected chi connectivity index (χ2v) is 10.2. The highest BCUT2D eigenvalue weighted by atomic mass is 28.4. The normalized spacial score (nSPS) is 11.8. The van der Waals surface area contributed by atoms with Gasteiger partial charge in [-0.2, -0.15) is 0 Å². The Morgan fingerprint density at radius 1 is 0.536 bits per heavy atom.